The number of rotatable bonds is 3. The van der Waals surface area contributed by atoms with Gasteiger partial charge in [0, 0.05) is 44.0 Å². The van der Waals surface area contributed by atoms with Crippen LogP contribution in [-0.2, 0) is 6.54 Å². The number of aromatic nitrogens is 2. The van der Waals surface area contributed by atoms with Gasteiger partial charge in [0.2, 0.25) is 0 Å². The Labute approximate surface area is 104 Å². The quantitative estimate of drug-likeness (QED) is 0.867. The molecule has 0 bridgehead atoms. The van der Waals surface area contributed by atoms with Crippen LogP contribution in [0.4, 0.5) is 5.82 Å². The summed E-state index contributed by atoms with van der Waals surface area (Å²) < 4.78 is 1.99. The molecule has 0 aromatic carbocycles. The number of aryl methyl sites for hydroxylation is 1. The van der Waals surface area contributed by atoms with Crippen LogP contribution in [-0.4, -0.2) is 35.0 Å². The molecule has 0 saturated carbocycles. The molecule has 1 aromatic rings. The van der Waals surface area contributed by atoms with Crippen LogP contribution in [0.1, 0.15) is 27.7 Å². The summed E-state index contributed by atoms with van der Waals surface area (Å²) in [5, 5.41) is 8.22. The van der Waals surface area contributed by atoms with Crippen molar-refractivity contribution < 1.29 is 0 Å². The molecule has 96 valence electrons. The minimum atomic E-state index is 0.519. The molecule has 0 spiro atoms. The molecular formula is C13H24N4. The molecule has 1 saturated heterocycles. The maximum absolute atomic E-state index is 4.61. The number of piperazine rings is 1. The Balaban J connectivity index is 2.11. The van der Waals surface area contributed by atoms with E-state index < -0.39 is 0 Å². The van der Waals surface area contributed by atoms with Gasteiger partial charge in [-0.2, -0.15) is 5.10 Å². The molecule has 17 heavy (non-hydrogen) atoms. The van der Waals surface area contributed by atoms with Crippen molar-refractivity contribution in [1.82, 2.24) is 15.1 Å². The molecule has 1 aromatic heterocycles. The SMILES string of the molecule is CCn1ccc(N2CC(C(C)C)NCC2C)n1. The molecule has 0 amide bonds. The molecule has 1 aliphatic heterocycles. The standard InChI is InChI=1S/C13H24N4/c1-5-16-7-6-13(15-16)17-9-12(10(2)3)14-8-11(17)4/h6-7,10-12,14H,5,8-9H2,1-4H3. The minimum Gasteiger partial charge on any atom is -0.350 e. The second kappa shape index (κ2) is 5.08. The van der Waals surface area contributed by atoms with Gasteiger partial charge in [-0.15, -0.1) is 0 Å². The van der Waals surface area contributed by atoms with Crippen LogP contribution >= 0.6 is 0 Å². The van der Waals surface area contributed by atoms with E-state index in [4.69, 9.17) is 0 Å². The van der Waals surface area contributed by atoms with Gasteiger partial charge in [-0.1, -0.05) is 13.8 Å². The number of anilines is 1. The van der Waals surface area contributed by atoms with Gasteiger partial charge in [0.15, 0.2) is 5.82 Å². The molecule has 2 heterocycles. The Hall–Kier alpha value is -1.03. The van der Waals surface area contributed by atoms with Crippen molar-refractivity contribution in [3.05, 3.63) is 12.3 Å². The molecule has 0 radical (unpaired) electrons. The van der Waals surface area contributed by atoms with Crippen LogP contribution in [0.2, 0.25) is 0 Å². The predicted molar refractivity (Wildman–Crippen MR) is 71.3 cm³/mol. The number of hydrogen-bond donors (Lipinski definition) is 1. The van der Waals surface area contributed by atoms with E-state index in [-0.39, 0.29) is 0 Å². The third-order valence-electron chi connectivity index (χ3n) is 3.65. The van der Waals surface area contributed by atoms with Crippen LogP contribution in [0.15, 0.2) is 12.3 Å². The van der Waals surface area contributed by atoms with Crippen molar-refractivity contribution in [2.24, 2.45) is 5.92 Å². The number of nitrogens with zero attached hydrogens (tertiary/aromatic N) is 3. The van der Waals surface area contributed by atoms with Crippen molar-refractivity contribution in [3.8, 4) is 0 Å². The highest BCUT2D eigenvalue weighted by Gasteiger charge is 2.27. The average molecular weight is 236 g/mol. The van der Waals surface area contributed by atoms with E-state index in [0.717, 1.165) is 25.5 Å². The fourth-order valence-electron chi connectivity index (χ4n) is 2.33. The van der Waals surface area contributed by atoms with Gasteiger partial charge in [0.05, 0.1) is 0 Å². The average Bonchev–Trinajstić information content (AvgIpc) is 2.77. The first-order valence-electron chi connectivity index (χ1n) is 6.65. The van der Waals surface area contributed by atoms with Crippen LogP contribution in [0.25, 0.3) is 0 Å². The second-order valence-corrected chi connectivity index (χ2v) is 5.29. The van der Waals surface area contributed by atoms with Gasteiger partial charge in [-0.05, 0) is 19.8 Å². The van der Waals surface area contributed by atoms with Crippen molar-refractivity contribution in [2.45, 2.75) is 46.3 Å². The monoisotopic (exact) mass is 236 g/mol. The zero-order valence-corrected chi connectivity index (χ0v) is 11.3. The summed E-state index contributed by atoms with van der Waals surface area (Å²) in [6.07, 6.45) is 2.06. The molecule has 4 nitrogen and oxygen atoms in total. The van der Waals surface area contributed by atoms with E-state index >= 15 is 0 Å². The van der Waals surface area contributed by atoms with Crippen LogP contribution in [0, 0.1) is 5.92 Å². The summed E-state index contributed by atoms with van der Waals surface area (Å²) in [7, 11) is 0. The van der Waals surface area contributed by atoms with Crippen molar-refractivity contribution in [2.75, 3.05) is 18.0 Å². The lowest BCUT2D eigenvalue weighted by molar-refractivity contribution is 0.335. The van der Waals surface area contributed by atoms with Crippen LogP contribution in [0.5, 0.6) is 0 Å². The third-order valence-corrected chi connectivity index (χ3v) is 3.65. The largest absolute Gasteiger partial charge is 0.350 e. The Morgan fingerprint density at radius 3 is 2.88 bits per heavy atom. The number of nitrogens with one attached hydrogen (secondary N) is 1. The highest BCUT2D eigenvalue weighted by atomic mass is 15.4. The Morgan fingerprint density at radius 1 is 1.53 bits per heavy atom. The zero-order chi connectivity index (χ0) is 12.4. The highest BCUT2D eigenvalue weighted by Crippen LogP contribution is 2.19. The maximum Gasteiger partial charge on any atom is 0.150 e. The fourth-order valence-corrected chi connectivity index (χ4v) is 2.33. The Bertz CT molecular complexity index is 358. The zero-order valence-electron chi connectivity index (χ0n) is 11.3. The molecule has 4 heteroatoms. The summed E-state index contributed by atoms with van der Waals surface area (Å²) in [6.45, 7) is 12.0. The van der Waals surface area contributed by atoms with Crippen molar-refractivity contribution in [1.29, 1.82) is 0 Å². The maximum atomic E-state index is 4.61. The van der Waals surface area contributed by atoms with Gasteiger partial charge in [0.25, 0.3) is 0 Å². The first-order chi connectivity index (χ1) is 8.11. The number of hydrogen-bond acceptors (Lipinski definition) is 3. The summed E-state index contributed by atoms with van der Waals surface area (Å²) in [5.41, 5.74) is 0. The molecule has 1 fully saturated rings. The van der Waals surface area contributed by atoms with Crippen molar-refractivity contribution in [3.63, 3.8) is 0 Å². The second-order valence-electron chi connectivity index (χ2n) is 5.29. The third kappa shape index (κ3) is 2.63. The molecule has 2 atom stereocenters. The summed E-state index contributed by atoms with van der Waals surface area (Å²) in [4.78, 5) is 2.42. The van der Waals surface area contributed by atoms with E-state index in [1.165, 1.54) is 0 Å². The molecule has 2 rings (SSSR count). The van der Waals surface area contributed by atoms with Gasteiger partial charge in [0.1, 0.15) is 0 Å². The topological polar surface area (TPSA) is 33.1 Å². The molecule has 2 unspecified atom stereocenters. The lowest BCUT2D eigenvalue weighted by atomic mass is 10.00. The first-order valence-corrected chi connectivity index (χ1v) is 6.65. The van der Waals surface area contributed by atoms with E-state index in [1.807, 2.05) is 4.68 Å². The van der Waals surface area contributed by atoms with Crippen molar-refractivity contribution >= 4 is 5.82 Å². The van der Waals surface area contributed by atoms with E-state index in [0.29, 0.717) is 18.0 Å². The summed E-state index contributed by atoms with van der Waals surface area (Å²) >= 11 is 0. The fraction of sp³-hybridized carbons (Fsp3) is 0.769. The van der Waals surface area contributed by atoms with Gasteiger partial charge in [-0.25, -0.2) is 0 Å². The first kappa shape index (κ1) is 12.4. The Morgan fingerprint density at radius 2 is 2.29 bits per heavy atom. The minimum absolute atomic E-state index is 0.519. The normalized spacial score (nSPS) is 25.6. The summed E-state index contributed by atoms with van der Waals surface area (Å²) in [5.74, 6) is 1.78. The van der Waals surface area contributed by atoms with E-state index in [9.17, 15) is 0 Å². The lowest BCUT2D eigenvalue weighted by Crippen LogP contribution is -2.57. The molecule has 0 aliphatic carbocycles. The molecular weight excluding hydrogens is 212 g/mol. The summed E-state index contributed by atoms with van der Waals surface area (Å²) in [6, 6.07) is 3.21. The smallest absolute Gasteiger partial charge is 0.150 e. The van der Waals surface area contributed by atoms with Gasteiger partial charge in [-0.3, -0.25) is 4.68 Å². The van der Waals surface area contributed by atoms with E-state index in [2.05, 4.69) is 55.3 Å². The Kier molecular flexibility index (Phi) is 3.72. The predicted octanol–water partition coefficient (Wildman–Crippen LogP) is 1.73. The molecule has 1 N–H and O–H groups in total. The highest BCUT2D eigenvalue weighted by molar-refractivity contribution is 5.39. The van der Waals surface area contributed by atoms with Gasteiger partial charge < -0.3 is 10.2 Å². The lowest BCUT2D eigenvalue weighted by Gasteiger charge is -2.40. The van der Waals surface area contributed by atoms with Crippen LogP contribution in [0.3, 0.4) is 0 Å². The van der Waals surface area contributed by atoms with Gasteiger partial charge >= 0.3 is 0 Å². The van der Waals surface area contributed by atoms with E-state index in [1.54, 1.807) is 0 Å². The molecule has 1 aliphatic rings. The van der Waals surface area contributed by atoms with Crippen LogP contribution < -0.4 is 10.2 Å².